The number of amides is 1. The van der Waals surface area contributed by atoms with E-state index in [9.17, 15) is 4.79 Å². The Kier molecular flexibility index (Phi) is 3.59. The lowest BCUT2D eigenvalue weighted by atomic mass is 10.3. The van der Waals surface area contributed by atoms with Gasteiger partial charge in [-0.05, 0) is 25.3 Å². The smallest absolute Gasteiger partial charge is 0.262 e. The molecule has 3 rings (SSSR count). The van der Waals surface area contributed by atoms with Gasteiger partial charge in [-0.2, -0.15) is 5.10 Å². The van der Waals surface area contributed by atoms with Gasteiger partial charge in [-0.15, -0.1) is 11.3 Å². The first kappa shape index (κ1) is 12.3. The highest BCUT2D eigenvalue weighted by Crippen LogP contribution is 2.39. The number of carbonyl (C=O) groups is 1. The Morgan fingerprint density at radius 2 is 2.42 bits per heavy atom. The minimum atomic E-state index is -0.0367. The number of aryl methyl sites for hydroxylation is 1. The van der Waals surface area contributed by atoms with Crippen LogP contribution in [0.5, 0.6) is 0 Å². The molecule has 5 nitrogen and oxygen atoms in total. The predicted molar refractivity (Wildman–Crippen MR) is 73.3 cm³/mol. The molecule has 2 aromatic heterocycles. The molecule has 19 heavy (non-hydrogen) atoms. The van der Waals surface area contributed by atoms with Gasteiger partial charge in [0.25, 0.3) is 5.91 Å². The molecule has 0 atom stereocenters. The van der Waals surface area contributed by atoms with Crippen LogP contribution in [0.1, 0.15) is 40.5 Å². The highest BCUT2D eigenvalue weighted by molar-refractivity contribution is 7.11. The van der Waals surface area contributed by atoms with E-state index in [2.05, 4.69) is 26.1 Å². The van der Waals surface area contributed by atoms with E-state index in [-0.39, 0.29) is 5.91 Å². The first-order chi connectivity index (χ1) is 9.34. The summed E-state index contributed by atoms with van der Waals surface area (Å²) in [4.78, 5) is 16.2. The SMILES string of the molecule is O=C(NCCCn1nccc1C1CC1)c1cncs1. The van der Waals surface area contributed by atoms with E-state index in [0.717, 1.165) is 13.0 Å². The van der Waals surface area contributed by atoms with Gasteiger partial charge in [0, 0.05) is 30.9 Å². The first-order valence-electron chi connectivity index (χ1n) is 6.53. The molecule has 2 aromatic rings. The van der Waals surface area contributed by atoms with Gasteiger partial charge in [0.2, 0.25) is 0 Å². The van der Waals surface area contributed by atoms with Gasteiger partial charge in [0.05, 0.1) is 11.7 Å². The number of nitrogens with zero attached hydrogens (tertiary/aromatic N) is 3. The van der Waals surface area contributed by atoms with Gasteiger partial charge in [-0.3, -0.25) is 14.5 Å². The minimum Gasteiger partial charge on any atom is -0.351 e. The number of hydrogen-bond donors (Lipinski definition) is 1. The highest BCUT2D eigenvalue weighted by Gasteiger charge is 2.26. The summed E-state index contributed by atoms with van der Waals surface area (Å²) < 4.78 is 2.07. The maximum absolute atomic E-state index is 11.7. The quantitative estimate of drug-likeness (QED) is 0.821. The van der Waals surface area contributed by atoms with Gasteiger partial charge < -0.3 is 5.32 Å². The summed E-state index contributed by atoms with van der Waals surface area (Å²) in [5.74, 6) is 0.680. The average Bonchev–Trinajstić information content (AvgIpc) is 2.95. The van der Waals surface area contributed by atoms with Crippen molar-refractivity contribution >= 4 is 17.2 Å². The molecular weight excluding hydrogens is 260 g/mol. The Labute approximate surface area is 115 Å². The summed E-state index contributed by atoms with van der Waals surface area (Å²) >= 11 is 1.36. The summed E-state index contributed by atoms with van der Waals surface area (Å²) in [5.41, 5.74) is 3.01. The summed E-state index contributed by atoms with van der Waals surface area (Å²) in [6.45, 7) is 1.53. The zero-order valence-electron chi connectivity index (χ0n) is 10.6. The molecule has 0 spiro atoms. The number of carbonyl (C=O) groups excluding carboxylic acids is 1. The van der Waals surface area contributed by atoms with Crippen molar-refractivity contribution in [2.75, 3.05) is 6.54 Å². The Balaban J connectivity index is 1.43. The number of hydrogen-bond acceptors (Lipinski definition) is 4. The van der Waals surface area contributed by atoms with Crippen LogP contribution in [-0.2, 0) is 6.54 Å². The molecule has 1 fully saturated rings. The third kappa shape index (κ3) is 3.01. The average molecular weight is 276 g/mol. The predicted octanol–water partition coefficient (Wildman–Crippen LogP) is 2.04. The molecule has 1 N–H and O–H groups in total. The van der Waals surface area contributed by atoms with Crippen molar-refractivity contribution < 1.29 is 4.79 Å². The third-order valence-corrected chi connectivity index (χ3v) is 4.01. The zero-order chi connectivity index (χ0) is 13.1. The van der Waals surface area contributed by atoms with Crippen molar-refractivity contribution in [1.82, 2.24) is 20.1 Å². The molecule has 0 saturated heterocycles. The van der Waals surface area contributed by atoms with Crippen LogP contribution in [-0.4, -0.2) is 27.2 Å². The second-order valence-corrected chi connectivity index (χ2v) is 5.61. The van der Waals surface area contributed by atoms with Crippen molar-refractivity contribution in [3.8, 4) is 0 Å². The molecule has 1 saturated carbocycles. The van der Waals surface area contributed by atoms with E-state index in [1.165, 1.54) is 29.9 Å². The maximum atomic E-state index is 11.7. The second kappa shape index (κ2) is 5.52. The van der Waals surface area contributed by atoms with Crippen LogP contribution in [0.3, 0.4) is 0 Å². The molecule has 100 valence electrons. The van der Waals surface area contributed by atoms with E-state index >= 15 is 0 Å². The van der Waals surface area contributed by atoms with Crippen LogP contribution in [0.4, 0.5) is 0 Å². The first-order valence-corrected chi connectivity index (χ1v) is 7.41. The fourth-order valence-electron chi connectivity index (χ4n) is 2.10. The Morgan fingerprint density at radius 1 is 1.53 bits per heavy atom. The highest BCUT2D eigenvalue weighted by atomic mass is 32.1. The lowest BCUT2D eigenvalue weighted by Gasteiger charge is -2.07. The molecule has 0 bridgehead atoms. The summed E-state index contributed by atoms with van der Waals surface area (Å²) in [6, 6.07) is 2.10. The Hall–Kier alpha value is -1.69. The largest absolute Gasteiger partial charge is 0.351 e. The molecular formula is C13H16N4OS. The summed E-state index contributed by atoms with van der Waals surface area (Å²) in [5, 5.41) is 7.24. The third-order valence-electron chi connectivity index (χ3n) is 3.23. The number of nitrogens with one attached hydrogen (secondary N) is 1. The van der Waals surface area contributed by atoms with Crippen LogP contribution in [0.15, 0.2) is 24.0 Å². The molecule has 0 aliphatic heterocycles. The Morgan fingerprint density at radius 3 is 3.16 bits per heavy atom. The summed E-state index contributed by atoms with van der Waals surface area (Å²) in [7, 11) is 0. The number of thiazole rings is 1. The van der Waals surface area contributed by atoms with Crippen LogP contribution >= 0.6 is 11.3 Å². The van der Waals surface area contributed by atoms with Crippen LogP contribution < -0.4 is 5.32 Å². The van der Waals surface area contributed by atoms with Gasteiger partial charge in [-0.25, -0.2) is 0 Å². The van der Waals surface area contributed by atoms with Gasteiger partial charge in [0.1, 0.15) is 4.88 Å². The number of rotatable bonds is 6. The zero-order valence-corrected chi connectivity index (χ0v) is 11.4. The molecule has 0 unspecified atom stereocenters. The lowest BCUT2D eigenvalue weighted by molar-refractivity contribution is 0.0956. The lowest BCUT2D eigenvalue weighted by Crippen LogP contribution is -2.24. The van der Waals surface area contributed by atoms with E-state index in [1.807, 2.05) is 6.20 Å². The topological polar surface area (TPSA) is 59.8 Å². The van der Waals surface area contributed by atoms with Crippen molar-refractivity contribution in [3.63, 3.8) is 0 Å². The van der Waals surface area contributed by atoms with Crippen LogP contribution in [0.25, 0.3) is 0 Å². The monoisotopic (exact) mass is 276 g/mol. The van der Waals surface area contributed by atoms with Gasteiger partial charge >= 0.3 is 0 Å². The molecule has 1 aliphatic rings. The second-order valence-electron chi connectivity index (χ2n) is 4.73. The van der Waals surface area contributed by atoms with E-state index in [1.54, 1.807) is 11.7 Å². The van der Waals surface area contributed by atoms with E-state index < -0.39 is 0 Å². The minimum absolute atomic E-state index is 0.0367. The van der Waals surface area contributed by atoms with Crippen molar-refractivity contribution in [2.45, 2.75) is 31.7 Å². The Bertz CT molecular complexity index is 545. The van der Waals surface area contributed by atoms with Gasteiger partial charge in [-0.1, -0.05) is 0 Å². The molecule has 1 aliphatic carbocycles. The normalized spacial score (nSPS) is 14.5. The van der Waals surface area contributed by atoms with Crippen molar-refractivity contribution in [2.24, 2.45) is 0 Å². The standard InChI is InChI=1S/C13H16N4OS/c18-13(12-8-14-9-19-12)15-5-1-7-17-11(4-6-16-17)10-2-3-10/h4,6,8-10H,1-3,5,7H2,(H,15,18). The molecule has 6 heteroatoms. The fraction of sp³-hybridized carbons (Fsp3) is 0.462. The van der Waals surface area contributed by atoms with Crippen LogP contribution in [0, 0.1) is 0 Å². The molecule has 0 aromatic carbocycles. The van der Waals surface area contributed by atoms with E-state index in [0.29, 0.717) is 17.3 Å². The fourth-order valence-corrected chi connectivity index (χ4v) is 2.64. The molecule has 1 amide bonds. The van der Waals surface area contributed by atoms with Gasteiger partial charge in [0.15, 0.2) is 0 Å². The van der Waals surface area contributed by atoms with E-state index in [4.69, 9.17) is 0 Å². The molecule has 0 radical (unpaired) electrons. The molecule has 2 heterocycles. The number of aromatic nitrogens is 3. The van der Waals surface area contributed by atoms with Crippen molar-refractivity contribution in [1.29, 1.82) is 0 Å². The van der Waals surface area contributed by atoms with Crippen molar-refractivity contribution in [3.05, 3.63) is 34.5 Å². The maximum Gasteiger partial charge on any atom is 0.262 e. The summed E-state index contributed by atoms with van der Waals surface area (Å²) in [6.07, 6.45) is 6.93. The van der Waals surface area contributed by atoms with Crippen LogP contribution in [0.2, 0.25) is 0 Å².